The minimum absolute atomic E-state index is 0.0308. The minimum atomic E-state index is -1.80. The fourth-order valence-electron chi connectivity index (χ4n) is 2.20. The van der Waals surface area contributed by atoms with E-state index in [2.05, 4.69) is 0 Å². The molecule has 0 unspecified atom stereocenters. The number of imide groups is 1. The number of rotatable bonds is 6. The van der Waals surface area contributed by atoms with Gasteiger partial charge in [0.15, 0.2) is 5.54 Å². The van der Waals surface area contributed by atoms with Gasteiger partial charge in [-0.05, 0) is 61.3 Å². The first-order chi connectivity index (χ1) is 12.0. The summed E-state index contributed by atoms with van der Waals surface area (Å²) in [4.78, 5) is 49.3. The zero-order valence-electron chi connectivity index (χ0n) is 17.4. The van der Waals surface area contributed by atoms with Crippen LogP contribution in [0.4, 0.5) is 9.59 Å². The molecule has 0 bridgehead atoms. The fourth-order valence-corrected chi connectivity index (χ4v) is 2.20. The monoisotopic (exact) mass is 389 g/mol. The van der Waals surface area contributed by atoms with E-state index in [4.69, 9.17) is 19.3 Å². The molecule has 0 aromatic rings. The molecule has 0 aliphatic rings. The lowest BCUT2D eigenvalue weighted by atomic mass is 9.93. The highest BCUT2D eigenvalue weighted by atomic mass is 16.6. The van der Waals surface area contributed by atoms with E-state index in [0.29, 0.717) is 4.90 Å². The van der Waals surface area contributed by atoms with Crippen LogP contribution < -0.4 is 0 Å². The first-order valence-corrected chi connectivity index (χ1v) is 8.60. The van der Waals surface area contributed by atoms with Gasteiger partial charge in [-0.25, -0.2) is 14.4 Å². The summed E-state index contributed by atoms with van der Waals surface area (Å²) in [6.07, 6.45) is -2.52. The van der Waals surface area contributed by atoms with Crippen LogP contribution >= 0.6 is 0 Å². The molecule has 1 N–H and O–H groups in total. The highest BCUT2D eigenvalue weighted by Crippen LogP contribution is 2.28. The van der Waals surface area contributed by atoms with Crippen LogP contribution in [0.5, 0.6) is 0 Å². The fraction of sp³-hybridized carbons (Fsp3) is 0.778. The Balaban J connectivity index is 6.02. The summed E-state index contributed by atoms with van der Waals surface area (Å²) in [5.74, 6) is -1.95. The van der Waals surface area contributed by atoms with E-state index in [1.807, 2.05) is 0 Å². The van der Waals surface area contributed by atoms with Gasteiger partial charge < -0.3 is 19.3 Å². The highest BCUT2D eigenvalue weighted by Gasteiger charge is 2.50. The first kappa shape index (κ1) is 24.7. The summed E-state index contributed by atoms with van der Waals surface area (Å²) >= 11 is 0. The van der Waals surface area contributed by atoms with Gasteiger partial charge in [0.2, 0.25) is 0 Å². The number of carbonyl (C=O) groups is 4. The van der Waals surface area contributed by atoms with Crippen molar-refractivity contribution in [2.24, 2.45) is 0 Å². The largest absolute Gasteiger partial charge is 0.481 e. The molecule has 0 aliphatic carbocycles. The third kappa shape index (κ3) is 8.27. The van der Waals surface area contributed by atoms with E-state index in [9.17, 15) is 19.2 Å². The summed E-state index contributed by atoms with van der Waals surface area (Å²) in [7, 11) is 1.11. The standard InChI is InChI=1S/C18H31NO8/c1-16(2,3)26-14(23)19(15(24)27-17(4,5)6)18(7,13(22)25-8)11-9-10-12(20)21/h9-11H2,1-8H3,(H,20,21)/t18-/m0/s1. The number of methoxy groups -OCH3 is 1. The molecule has 0 aromatic heterocycles. The minimum Gasteiger partial charge on any atom is -0.481 e. The SMILES string of the molecule is COC(=O)[C@](C)(CCCC(=O)O)N(C(=O)OC(C)(C)C)C(=O)OC(C)(C)C. The third-order valence-electron chi connectivity index (χ3n) is 3.33. The smallest absolute Gasteiger partial charge is 0.420 e. The molecule has 9 nitrogen and oxygen atoms in total. The number of hydrogen-bond donors (Lipinski definition) is 1. The summed E-state index contributed by atoms with van der Waals surface area (Å²) in [5.41, 5.74) is -3.67. The predicted molar refractivity (Wildman–Crippen MR) is 96.2 cm³/mol. The second-order valence-electron chi connectivity index (χ2n) is 8.31. The number of esters is 1. The molecule has 0 fully saturated rings. The van der Waals surface area contributed by atoms with Gasteiger partial charge in [0, 0.05) is 6.42 Å². The van der Waals surface area contributed by atoms with Crippen molar-refractivity contribution in [1.29, 1.82) is 0 Å². The van der Waals surface area contributed by atoms with Gasteiger partial charge in [-0.2, -0.15) is 4.90 Å². The van der Waals surface area contributed by atoms with Crippen molar-refractivity contribution in [3.8, 4) is 0 Å². The molecule has 0 aliphatic heterocycles. The summed E-state index contributed by atoms with van der Waals surface area (Å²) < 4.78 is 15.3. The molecule has 0 heterocycles. The van der Waals surface area contributed by atoms with E-state index in [1.54, 1.807) is 41.5 Å². The van der Waals surface area contributed by atoms with Crippen LogP contribution in [0.2, 0.25) is 0 Å². The Bertz CT molecular complexity index is 545. The zero-order valence-corrected chi connectivity index (χ0v) is 17.4. The number of carboxylic acid groups (broad SMARTS) is 1. The van der Waals surface area contributed by atoms with E-state index >= 15 is 0 Å². The molecule has 0 saturated heterocycles. The molecule has 1 atom stereocenters. The Morgan fingerprint density at radius 1 is 0.852 bits per heavy atom. The second-order valence-corrected chi connectivity index (χ2v) is 8.31. The van der Waals surface area contributed by atoms with Crippen LogP contribution in [0.25, 0.3) is 0 Å². The molecule has 0 radical (unpaired) electrons. The predicted octanol–water partition coefficient (Wildman–Crippen LogP) is 3.35. The number of carboxylic acids is 1. The van der Waals surface area contributed by atoms with Crippen molar-refractivity contribution >= 4 is 24.1 Å². The highest BCUT2D eigenvalue weighted by molar-refractivity contribution is 5.96. The number of aliphatic carboxylic acids is 1. The second kappa shape index (κ2) is 9.05. The van der Waals surface area contributed by atoms with Crippen molar-refractivity contribution in [2.75, 3.05) is 7.11 Å². The van der Waals surface area contributed by atoms with Crippen LogP contribution in [-0.2, 0) is 23.8 Å². The van der Waals surface area contributed by atoms with Gasteiger partial charge in [0.25, 0.3) is 0 Å². The average molecular weight is 389 g/mol. The molecule has 9 heteroatoms. The Kier molecular flexibility index (Phi) is 8.28. The number of nitrogens with zero attached hydrogens (tertiary/aromatic N) is 1. The lowest BCUT2D eigenvalue weighted by Crippen LogP contribution is -2.60. The van der Waals surface area contributed by atoms with Crippen LogP contribution in [0.1, 0.15) is 67.7 Å². The van der Waals surface area contributed by atoms with Gasteiger partial charge in [-0.3, -0.25) is 4.79 Å². The number of hydrogen-bond acceptors (Lipinski definition) is 7. The summed E-state index contributed by atoms with van der Waals surface area (Å²) in [6, 6.07) is 0. The summed E-state index contributed by atoms with van der Waals surface area (Å²) in [6.45, 7) is 11.0. The quantitative estimate of drug-likeness (QED) is 0.542. The van der Waals surface area contributed by atoms with Gasteiger partial charge in [-0.15, -0.1) is 0 Å². The molecule has 2 amide bonds. The normalized spacial score (nSPS) is 13.9. The van der Waals surface area contributed by atoms with Crippen molar-refractivity contribution < 1.29 is 38.5 Å². The molecule has 0 rings (SSSR count). The lowest BCUT2D eigenvalue weighted by Gasteiger charge is -2.38. The van der Waals surface area contributed by atoms with Crippen LogP contribution in [0.3, 0.4) is 0 Å². The molecule has 0 aromatic carbocycles. The van der Waals surface area contributed by atoms with Crippen molar-refractivity contribution in [2.45, 2.75) is 84.5 Å². The molecule has 0 saturated carbocycles. The first-order valence-electron chi connectivity index (χ1n) is 8.60. The van der Waals surface area contributed by atoms with E-state index in [-0.39, 0.29) is 19.3 Å². The number of carbonyl (C=O) groups excluding carboxylic acids is 3. The maximum absolute atomic E-state index is 12.7. The van der Waals surface area contributed by atoms with Crippen LogP contribution in [0, 0.1) is 0 Å². The van der Waals surface area contributed by atoms with Crippen molar-refractivity contribution in [1.82, 2.24) is 4.90 Å². The third-order valence-corrected chi connectivity index (χ3v) is 3.33. The van der Waals surface area contributed by atoms with Crippen molar-refractivity contribution in [3.05, 3.63) is 0 Å². The van der Waals surface area contributed by atoms with Crippen LogP contribution in [0.15, 0.2) is 0 Å². The molecule has 0 spiro atoms. The maximum atomic E-state index is 12.7. The molecule has 27 heavy (non-hydrogen) atoms. The molecular weight excluding hydrogens is 358 g/mol. The van der Waals surface area contributed by atoms with Gasteiger partial charge in [-0.1, -0.05) is 0 Å². The zero-order chi connectivity index (χ0) is 21.6. The average Bonchev–Trinajstić information content (AvgIpc) is 2.41. The Morgan fingerprint density at radius 3 is 1.56 bits per heavy atom. The van der Waals surface area contributed by atoms with Gasteiger partial charge >= 0.3 is 24.1 Å². The number of amides is 2. The molecular formula is C18H31NO8. The van der Waals surface area contributed by atoms with E-state index in [1.165, 1.54) is 6.92 Å². The van der Waals surface area contributed by atoms with Crippen molar-refractivity contribution in [3.63, 3.8) is 0 Å². The Hall–Kier alpha value is -2.32. The Labute approximate surface area is 159 Å². The Morgan fingerprint density at radius 2 is 1.26 bits per heavy atom. The summed E-state index contributed by atoms with van der Waals surface area (Å²) in [5, 5.41) is 8.86. The number of ether oxygens (including phenoxy) is 3. The molecule has 156 valence electrons. The topological polar surface area (TPSA) is 119 Å². The van der Waals surface area contributed by atoms with Gasteiger partial charge in [0.1, 0.15) is 11.2 Å². The van der Waals surface area contributed by atoms with E-state index in [0.717, 1.165) is 7.11 Å². The van der Waals surface area contributed by atoms with Crippen LogP contribution in [-0.4, -0.2) is 58.0 Å². The van der Waals surface area contributed by atoms with Gasteiger partial charge in [0.05, 0.1) is 7.11 Å². The van der Waals surface area contributed by atoms with E-state index < -0.39 is 40.9 Å². The lowest BCUT2D eigenvalue weighted by molar-refractivity contribution is -0.154. The maximum Gasteiger partial charge on any atom is 0.420 e.